The number of methoxy groups -OCH3 is 2. The van der Waals surface area contributed by atoms with E-state index in [9.17, 15) is 0 Å². The lowest BCUT2D eigenvalue weighted by atomic mass is 9.87. The van der Waals surface area contributed by atoms with E-state index in [1.54, 1.807) is 51.9 Å². The number of para-hydroxylation sites is 2. The number of rotatable bonds is 6. The van der Waals surface area contributed by atoms with E-state index in [4.69, 9.17) is 30.6 Å². The zero-order valence-electron chi connectivity index (χ0n) is 22.4. The van der Waals surface area contributed by atoms with Crippen LogP contribution in [0.1, 0.15) is 26.3 Å². The molecule has 4 aromatic rings. The van der Waals surface area contributed by atoms with Crippen LogP contribution in [0.25, 0.3) is 11.6 Å². The smallest absolute Gasteiger partial charge is 0.207 e. The van der Waals surface area contributed by atoms with Crippen LogP contribution in [0.4, 0.5) is 5.82 Å². The van der Waals surface area contributed by atoms with Gasteiger partial charge in [-0.25, -0.2) is 19.9 Å². The largest absolute Gasteiger partial charge is 0.497 e. The Morgan fingerprint density at radius 2 is 1.42 bits per heavy atom. The summed E-state index contributed by atoms with van der Waals surface area (Å²) in [7, 11) is 4.96. The van der Waals surface area contributed by atoms with Crippen molar-refractivity contribution in [3.05, 3.63) is 77.7 Å². The van der Waals surface area contributed by atoms with Gasteiger partial charge in [0.1, 0.15) is 12.5 Å². The Kier molecular flexibility index (Phi) is 11.4. The third-order valence-corrected chi connectivity index (χ3v) is 5.32. The van der Waals surface area contributed by atoms with Gasteiger partial charge < -0.3 is 24.3 Å². The fourth-order valence-corrected chi connectivity index (χ4v) is 3.31. The fourth-order valence-electron chi connectivity index (χ4n) is 3.10. The first kappa shape index (κ1) is 30.0. The quantitative estimate of drug-likeness (QED) is 0.286. The Balaban J connectivity index is 0.000000305. The highest BCUT2D eigenvalue weighted by Gasteiger charge is 2.18. The van der Waals surface area contributed by atoms with Crippen LogP contribution in [0, 0.1) is 0 Å². The SMILES string of the molecule is C=O.CNc1nc(-c2ncccn2)nc(Cl)c1Oc1ccccc1OC.COc1ccc(C(C)(C)C)cc1. The lowest BCUT2D eigenvalue weighted by molar-refractivity contribution is -0.0980. The molecule has 2 aromatic heterocycles. The van der Waals surface area contributed by atoms with Crippen molar-refractivity contribution >= 4 is 24.2 Å². The van der Waals surface area contributed by atoms with Gasteiger partial charge in [0.25, 0.3) is 0 Å². The molecule has 1 N–H and O–H groups in total. The molecule has 200 valence electrons. The maximum absolute atomic E-state index is 8.00. The van der Waals surface area contributed by atoms with Crippen molar-refractivity contribution in [3.8, 4) is 34.6 Å². The predicted octanol–water partition coefficient (Wildman–Crippen LogP) is 6.24. The molecular weight excluding hydrogens is 506 g/mol. The summed E-state index contributed by atoms with van der Waals surface area (Å²) in [5.41, 5.74) is 1.56. The molecule has 2 aromatic carbocycles. The zero-order chi connectivity index (χ0) is 28.1. The Hall–Kier alpha value is -4.24. The van der Waals surface area contributed by atoms with E-state index in [-0.39, 0.29) is 10.6 Å². The Morgan fingerprint density at radius 3 is 1.95 bits per heavy atom. The Morgan fingerprint density at radius 1 is 0.816 bits per heavy atom. The highest BCUT2D eigenvalue weighted by Crippen LogP contribution is 2.38. The molecular formula is C28H32ClN5O4. The first-order valence-electron chi connectivity index (χ1n) is 11.5. The minimum atomic E-state index is 0.141. The van der Waals surface area contributed by atoms with E-state index >= 15 is 0 Å². The van der Waals surface area contributed by atoms with Gasteiger partial charge in [-0.15, -0.1) is 0 Å². The van der Waals surface area contributed by atoms with Gasteiger partial charge in [0.2, 0.25) is 11.6 Å². The third-order valence-electron chi connectivity index (χ3n) is 5.06. The lowest BCUT2D eigenvalue weighted by Crippen LogP contribution is -2.10. The molecule has 0 spiro atoms. The van der Waals surface area contributed by atoms with Gasteiger partial charge in [0, 0.05) is 19.4 Å². The van der Waals surface area contributed by atoms with E-state index in [0.29, 0.717) is 34.7 Å². The van der Waals surface area contributed by atoms with Gasteiger partial charge >= 0.3 is 0 Å². The number of hydrogen-bond acceptors (Lipinski definition) is 9. The maximum atomic E-state index is 8.00. The molecule has 38 heavy (non-hydrogen) atoms. The van der Waals surface area contributed by atoms with E-state index in [0.717, 1.165) is 5.75 Å². The second-order valence-electron chi connectivity index (χ2n) is 8.57. The van der Waals surface area contributed by atoms with Crippen molar-refractivity contribution in [2.24, 2.45) is 0 Å². The molecule has 0 amide bonds. The topological polar surface area (TPSA) is 108 Å². The average molecular weight is 538 g/mol. The van der Waals surface area contributed by atoms with Crippen LogP contribution >= 0.6 is 11.6 Å². The molecule has 0 bridgehead atoms. The maximum Gasteiger partial charge on any atom is 0.207 e. The molecule has 0 radical (unpaired) electrons. The molecule has 9 nitrogen and oxygen atoms in total. The first-order valence-corrected chi connectivity index (χ1v) is 11.9. The molecule has 0 fully saturated rings. The summed E-state index contributed by atoms with van der Waals surface area (Å²) >= 11 is 6.30. The highest BCUT2D eigenvalue weighted by atomic mass is 35.5. The highest BCUT2D eigenvalue weighted by molar-refractivity contribution is 6.31. The summed E-state index contributed by atoms with van der Waals surface area (Å²) < 4.78 is 16.2. The van der Waals surface area contributed by atoms with Crippen molar-refractivity contribution in [2.45, 2.75) is 26.2 Å². The van der Waals surface area contributed by atoms with E-state index in [1.165, 1.54) is 5.56 Å². The summed E-state index contributed by atoms with van der Waals surface area (Å²) in [5, 5.41) is 3.09. The van der Waals surface area contributed by atoms with Crippen LogP contribution in [0.15, 0.2) is 67.0 Å². The van der Waals surface area contributed by atoms with E-state index in [2.05, 4.69) is 58.2 Å². The number of carbonyl (C=O) groups is 1. The van der Waals surface area contributed by atoms with Gasteiger partial charge in [-0.3, -0.25) is 0 Å². The fraction of sp³-hybridized carbons (Fsp3) is 0.250. The van der Waals surface area contributed by atoms with Crippen molar-refractivity contribution in [1.29, 1.82) is 0 Å². The lowest BCUT2D eigenvalue weighted by Gasteiger charge is -2.18. The summed E-state index contributed by atoms with van der Waals surface area (Å²) in [6.45, 7) is 8.61. The van der Waals surface area contributed by atoms with Gasteiger partial charge in [0.05, 0.1) is 14.2 Å². The normalized spacial score (nSPS) is 10.2. The van der Waals surface area contributed by atoms with Crippen LogP contribution < -0.4 is 19.5 Å². The molecule has 4 rings (SSSR count). The molecule has 0 saturated heterocycles. The van der Waals surface area contributed by atoms with Crippen LogP contribution in [0.2, 0.25) is 5.15 Å². The molecule has 0 atom stereocenters. The number of anilines is 1. The summed E-state index contributed by atoms with van der Waals surface area (Å²) in [5.74, 6) is 3.39. The average Bonchev–Trinajstić information content (AvgIpc) is 2.95. The van der Waals surface area contributed by atoms with E-state index in [1.807, 2.05) is 31.1 Å². The number of halogens is 1. The number of ether oxygens (including phenoxy) is 3. The number of nitrogens with zero attached hydrogens (tertiary/aromatic N) is 4. The number of aromatic nitrogens is 4. The second kappa shape index (κ2) is 14.5. The molecule has 2 heterocycles. The molecule has 0 saturated carbocycles. The predicted molar refractivity (Wildman–Crippen MR) is 149 cm³/mol. The summed E-state index contributed by atoms with van der Waals surface area (Å²) in [4.78, 5) is 24.8. The van der Waals surface area contributed by atoms with Crippen molar-refractivity contribution in [2.75, 3.05) is 26.6 Å². The Bertz CT molecular complexity index is 1280. The number of nitrogens with one attached hydrogen (secondary N) is 1. The van der Waals surface area contributed by atoms with Crippen LogP contribution in [-0.2, 0) is 10.2 Å². The van der Waals surface area contributed by atoms with E-state index < -0.39 is 0 Å². The van der Waals surface area contributed by atoms with Crippen LogP contribution in [0.3, 0.4) is 0 Å². The van der Waals surface area contributed by atoms with Gasteiger partial charge in [-0.05, 0) is 41.3 Å². The molecule has 0 unspecified atom stereocenters. The molecule has 10 heteroatoms. The van der Waals surface area contributed by atoms with Crippen molar-refractivity contribution < 1.29 is 19.0 Å². The second-order valence-corrected chi connectivity index (χ2v) is 8.93. The van der Waals surface area contributed by atoms with Crippen LogP contribution in [-0.4, -0.2) is 48.0 Å². The van der Waals surface area contributed by atoms with Gasteiger partial charge in [0.15, 0.2) is 28.3 Å². The van der Waals surface area contributed by atoms with Gasteiger partial charge in [-0.2, -0.15) is 0 Å². The zero-order valence-corrected chi connectivity index (χ0v) is 23.1. The molecule has 0 aliphatic rings. The van der Waals surface area contributed by atoms with Crippen molar-refractivity contribution in [1.82, 2.24) is 19.9 Å². The first-order chi connectivity index (χ1) is 18.3. The Labute approximate surface area is 228 Å². The minimum Gasteiger partial charge on any atom is -0.497 e. The molecule has 0 aliphatic carbocycles. The summed E-state index contributed by atoms with van der Waals surface area (Å²) in [6, 6.07) is 17.2. The third kappa shape index (κ3) is 8.14. The number of carbonyl (C=O) groups excluding carboxylic acids is 1. The monoisotopic (exact) mass is 537 g/mol. The summed E-state index contributed by atoms with van der Waals surface area (Å²) in [6.07, 6.45) is 3.22. The molecule has 0 aliphatic heterocycles. The number of hydrogen-bond donors (Lipinski definition) is 1. The van der Waals surface area contributed by atoms with Gasteiger partial charge in [-0.1, -0.05) is 56.6 Å². The minimum absolute atomic E-state index is 0.141. The standard InChI is InChI=1S/C16H14ClN5O2.C11H16O.CH2O/c1-18-14-12(24-11-7-4-3-6-10(11)23-2)13(17)21-16(22-14)15-19-8-5-9-20-15;1-11(2,3)9-5-7-10(12-4)8-6-9;1-2/h3-9H,1-2H3,(H,18,21,22);5-8H,1-4H3;1H2. The van der Waals surface area contributed by atoms with Crippen molar-refractivity contribution in [3.63, 3.8) is 0 Å². The van der Waals surface area contributed by atoms with Crippen LogP contribution in [0.5, 0.6) is 23.0 Å². The number of benzene rings is 2.